The van der Waals surface area contributed by atoms with E-state index >= 15 is 0 Å². The number of nitrogens with one attached hydrogen (secondary N) is 1. The van der Waals surface area contributed by atoms with Gasteiger partial charge in [-0.1, -0.05) is 11.6 Å². The number of hydrogen-bond donors (Lipinski definition) is 1. The lowest BCUT2D eigenvalue weighted by atomic mass is 10.2. The summed E-state index contributed by atoms with van der Waals surface area (Å²) in [4.78, 5) is 25.2. The maximum absolute atomic E-state index is 11.8. The minimum Gasteiger partial charge on any atom is -0.495 e. The van der Waals surface area contributed by atoms with E-state index in [0.717, 1.165) is 0 Å². The number of carbonyl (C=O) groups excluding carboxylic acids is 2. The van der Waals surface area contributed by atoms with E-state index in [1.165, 1.54) is 7.11 Å². The molecule has 0 saturated carbocycles. The molecular weight excluding hydrogens is 280 g/mol. The molecule has 0 fully saturated rings. The third-order valence-electron chi connectivity index (χ3n) is 2.86. The first-order valence-corrected chi connectivity index (χ1v) is 6.80. The standard InChI is InChI=1S/C14H19ClN2O3/c1-4-17(5-2)14(19)9-13(18)16-10-6-7-12(20-3)11(15)8-10/h6-8H,4-5,9H2,1-3H3,(H,16,18). The summed E-state index contributed by atoms with van der Waals surface area (Å²) in [7, 11) is 1.52. The fourth-order valence-electron chi connectivity index (χ4n) is 1.77. The molecule has 1 aromatic carbocycles. The molecule has 1 aromatic rings. The van der Waals surface area contributed by atoms with Crippen LogP contribution in [0.3, 0.4) is 0 Å². The van der Waals surface area contributed by atoms with Crippen molar-refractivity contribution in [2.45, 2.75) is 20.3 Å². The molecule has 110 valence electrons. The van der Waals surface area contributed by atoms with Gasteiger partial charge in [-0.05, 0) is 32.0 Å². The fraction of sp³-hybridized carbons (Fsp3) is 0.429. The molecule has 0 bridgehead atoms. The maximum Gasteiger partial charge on any atom is 0.233 e. The van der Waals surface area contributed by atoms with Crippen LogP contribution < -0.4 is 10.1 Å². The second-order valence-electron chi connectivity index (χ2n) is 4.14. The van der Waals surface area contributed by atoms with Crippen molar-refractivity contribution in [2.75, 3.05) is 25.5 Å². The van der Waals surface area contributed by atoms with Crippen molar-refractivity contribution >= 4 is 29.1 Å². The summed E-state index contributed by atoms with van der Waals surface area (Å²) in [6.07, 6.45) is -0.175. The Balaban J connectivity index is 2.62. The zero-order valence-corrected chi connectivity index (χ0v) is 12.7. The summed E-state index contributed by atoms with van der Waals surface area (Å²) in [5, 5.41) is 3.04. The van der Waals surface area contributed by atoms with Gasteiger partial charge in [0.1, 0.15) is 12.2 Å². The van der Waals surface area contributed by atoms with Crippen LogP contribution in [-0.4, -0.2) is 36.9 Å². The highest BCUT2D eigenvalue weighted by molar-refractivity contribution is 6.32. The summed E-state index contributed by atoms with van der Waals surface area (Å²) in [6.45, 7) is 4.94. The Morgan fingerprint density at radius 1 is 1.30 bits per heavy atom. The van der Waals surface area contributed by atoms with Crippen LogP contribution in [0.1, 0.15) is 20.3 Å². The molecule has 2 amide bonds. The zero-order valence-electron chi connectivity index (χ0n) is 11.9. The number of nitrogens with zero attached hydrogens (tertiary/aromatic N) is 1. The van der Waals surface area contributed by atoms with Gasteiger partial charge in [-0.2, -0.15) is 0 Å². The van der Waals surface area contributed by atoms with Crippen molar-refractivity contribution in [3.05, 3.63) is 23.2 Å². The van der Waals surface area contributed by atoms with Gasteiger partial charge in [0.2, 0.25) is 11.8 Å². The van der Waals surface area contributed by atoms with Crippen LogP contribution in [0.2, 0.25) is 5.02 Å². The first-order chi connectivity index (χ1) is 9.51. The topological polar surface area (TPSA) is 58.6 Å². The smallest absolute Gasteiger partial charge is 0.233 e. The number of methoxy groups -OCH3 is 1. The molecule has 0 heterocycles. The molecule has 0 aromatic heterocycles. The van der Waals surface area contributed by atoms with Crippen LogP contribution >= 0.6 is 11.6 Å². The fourth-order valence-corrected chi connectivity index (χ4v) is 2.03. The van der Waals surface area contributed by atoms with Crippen molar-refractivity contribution in [3.8, 4) is 5.75 Å². The SMILES string of the molecule is CCN(CC)C(=O)CC(=O)Nc1ccc(OC)c(Cl)c1. The lowest BCUT2D eigenvalue weighted by Gasteiger charge is -2.18. The van der Waals surface area contributed by atoms with E-state index in [-0.39, 0.29) is 18.2 Å². The quantitative estimate of drug-likeness (QED) is 0.821. The predicted octanol–water partition coefficient (Wildman–Crippen LogP) is 2.55. The van der Waals surface area contributed by atoms with Crippen LogP contribution in [-0.2, 0) is 9.59 Å². The van der Waals surface area contributed by atoms with Crippen LogP contribution in [0.4, 0.5) is 5.69 Å². The molecule has 20 heavy (non-hydrogen) atoms. The van der Waals surface area contributed by atoms with E-state index in [2.05, 4.69) is 5.32 Å². The largest absolute Gasteiger partial charge is 0.495 e. The number of rotatable bonds is 6. The van der Waals surface area contributed by atoms with E-state index in [4.69, 9.17) is 16.3 Å². The Hall–Kier alpha value is -1.75. The predicted molar refractivity (Wildman–Crippen MR) is 79.2 cm³/mol. The lowest BCUT2D eigenvalue weighted by molar-refractivity contribution is -0.134. The van der Waals surface area contributed by atoms with Crippen LogP contribution in [0.25, 0.3) is 0 Å². The number of carbonyl (C=O) groups is 2. The molecule has 0 spiro atoms. The monoisotopic (exact) mass is 298 g/mol. The normalized spacial score (nSPS) is 10.0. The molecule has 0 aliphatic heterocycles. The van der Waals surface area contributed by atoms with Gasteiger partial charge >= 0.3 is 0 Å². The lowest BCUT2D eigenvalue weighted by Crippen LogP contribution is -2.33. The minimum atomic E-state index is -0.358. The average Bonchev–Trinajstić information content (AvgIpc) is 2.40. The summed E-state index contributed by atoms with van der Waals surface area (Å²) < 4.78 is 5.02. The number of hydrogen-bond acceptors (Lipinski definition) is 3. The summed E-state index contributed by atoms with van der Waals surface area (Å²) in [5.74, 6) is -0.0147. The Labute approximate surface area is 123 Å². The first-order valence-electron chi connectivity index (χ1n) is 6.43. The molecule has 0 atom stereocenters. The van der Waals surface area contributed by atoms with Gasteiger partial charge in [-0.3, -0.25) is 9.59 Å². The molecule has 0 radical (unpaired) electrons. The van der Waals surface area contributed by atoms with E-state index in [0.29, 0.717) is 29.5 Å². The van der Waals surface area contributed by atoms with E-state index < -0.39 is 0 Å². The second-order valence-corrected chi connectivity index (χ2v) is 4.55. The highest BCUT2D eigenvalue weighted by Crippen LogP contribution is 2.27. The molecule has 5 nitrogen and oxygen atoms in total. The van der Waals surface area contributed by atoms with Gasteiger partial charge in [-0.15, -0.1) is 0 Å². The number of halogens is 1. The Morgan fingerprint density at radius 3 is 2.45 bits per heavy atom. The van der Waals surface area contributed by atoms with Crippen LogP contribution in [0.15, 0.2) is 18.2 Å². The second kappa shape index (κ2) is 7.75. The summed E-state index contributed by atoms with van der Waals surface area (Å²) >= 11 is 5.96. The van der Waals surface area contributed by atoms with Gasteiger partial charge in [-0.25, -0.2) is 0 Å². The zero-order chi connectivity index (χ0) is 15.1. The highest BCUT2D eigenvalue weighted by atomic mass is 35.5. The van der Waals surface area contributed by atoms with Crippen molar-refractivity contribution in [1.82, 2.24) is 4.90 Å². The summed E-state index contributed by atoms with van der Waals surface area (Å²) in [6, 6.07) is 4.91. The van der Waals surface area contributed by atoms with Gasteiger partial charge < -0.3 is 15.0 Å². The molecule has 1 rings (SSSR count). The van der Waals surface area contributed by atoms with Gasteiger partial charge in [0, 0.05) is 18.8 Å². The first kappa shape index (κ1) is 16.3. The Bertz CT molecular complexity index is 487. The van der Waals surface area contributed by atoms with E-state index in [1.54, 1.807) is 23.1 Å². The van der Waals surface area contributed by atoms with E-state index in [9.17, 15) is 9.59 Å². The van der Waals surface area contributed by atoms with Gasteiger partial charge in [0.05, 0.1) is 12.1 Å². The molecule has 0 aliphatic carbocycles. The molecular formula is C14H19ClN2O3. The molecule has 0 saturated heterocycles. The van der Waals surface area contributed by atoms with Crippen LogP contribution in [0.5, 0.6) is 5.75 Å². The van der Waals surface area contributed by atoms with Crippen molar-refractivity contribution in [1.29, 1.82) is 0 Å². The van der Waals surface area contributed by atoms with Gasteiger partial charge in [0.25, 0.3) is 0 Å². The van der Waals surface area contributed by atoms with Gasteiger partial charge in [0.15, 0.2) is 0 Å². The van der Waals surface area contributed by atoms with Crippen molar-refractivity contribution < 1.29 is 14.3 Å². The van der Waals surface area contributed by atoms with Crippen molar-refractivity contribution in [2.24, 2.45) is 0 Å². The third kappa shape index (κ3) is 4.42. The number of benzene rings is 1. The molecule has 1 N–H and O–H groups in total. The number of anilines is 1. The Kier molecular flexibility index (Phi) is 6.31. The molecule has 0 unspecified atom stereocenters. The highest BCUT2D eigenvalue weighted by Gasteiger charge is 2.15. The average molecular weight is 299 g/mol. The number of ether oxygens (including phenoxy) is 1. The van der Waals surface area contributed by atoms with E-state index in [1.807, 2.05) is 13.8 Å². The van der Waals surface area contributed by atoms with Crippen molar-refractivity contribution in [3.63, 3.8) is 0 Å². The third-order valence-corrected chi connectivity index (χ3v) is 3.16. The summed E-state index contributed by atoms with van der Waals surface area (Å²) in [5.41, 5.74) is 0.535. The minimum absolute atomic E-state index is 0.175. The van der Waals surface area contributed by atoms with Crippen LogP contribution in [0, 0.1) is 0 Å². The Morgan fingerprint density at radius 2 is 1.95 bits per heavy atom. The molecule has 0 aliphatic rings. The number of amides is 2. The maximum atomic E-state index is 11.8. The molecule has 6 heteroatoms.